The van der Waals surface area contributed by atoms with E-state index in [0.29, 0.717) is 18.2 Å². The fourth-order valence-electron chi connectivity index (χ4n) is 3.49. The number of aryl methyl sites for hydroxylation is 1. The molecule has 1 fully saturated rings. The SMILES string of the molecule is Cn1ccnc1C[C@H]1CCCN(Cc2ccccc2OCC(F)(F)F)C1. The van der Waals surface area contributed by atoms with E-state index in [1.54, 1.807) is 12.1 Å². The first kappa shape index (κ1) is 18.8. The van der Waals surface area contributed by atoms with Gasteiger partial charge in [0, 0.05) is 44.5 Å². The van der Waals surface area contributed by atoms with Crippen LogP contribution in [0.5, 0.6) is 5.75 Å². The number of halogens is 3. The summed E-state index contributed by atoms with van der Waals surface area (Å²) < 4.78 is 44.4. The highest BCUT2D eigenvalue weighted by molar-refractivity contribution is 5.33. The smallest absolute Gasteiger partial charge is 0.422 e. The second kappa shape index (κ2) is 8.12. The number of likely N-dealkylation sites (tertiary alicyclic amines) is 1. The highest BCUT2D eigenvalue weighted by Crippen LogP contribution is 2.26. The molecule has 2 heterocycles. The average molecular weight is 367 g/mol. The van der Waals surface area contributed by atoms with Gasteiger partial charge in [-0.3, -0.25) is 4.90 Å². The van der Waals surface area contributed by atoms with Crippen molar-refractivity contribution in [3.63, 3.8) is 0 Å². The van der Waals surface area contributed by atoms with Gasteiger partial charge in [0.25, 0.3) is 0 Å². The van der Waals surface area contributed by atoms with Crippen molar-refractivity contribution in [2.45, 2.75) is 32.0 Å². The largest absolute Gasteiger partial charge is 0.484 e. The molecule has 1 atom stereocenters. The molecular weight excluding hydrogens is 343 g/mol. The van der Waals surface area contributed by atoms with Crippen LogP contribution < -0.4 is 4.74 Å². The summed E-state index contributed by atoms with van der Waals surface area (Å²) in [4.78, 5) is 6.70. The van der Waals surface area contributed by atoms with E-state index in [2.05, 4.69) is 9.88 Å². The van der Waals surface area contributed by atoms with E-state index in [0.717, 1.165) is 43.7 Å². The van der Waals surface area contributed by atoms with Crippen molar-refractivity contribution in [3.05, 3.63) is 48.0 Å². The van der Waals surface area contributed by atoms with E-state index >= 15 is 0 Å². The molecule has 1 aliphatic rings. The number of hydrogen-bond donors (Lipinski definition) is 0. The molecule has 1 saturated heterocycles. The van der Waals surface area contributed by atoms with E-state index in [4.69, 9.17) is 4.74 Å². The number of ether oxygens (including phenoxy) is 1. The predicted molar refractivity (Wildman–Crippen MR) is 92.9 cm³/mol. The Hall–Kier alpha value is -2.02. The summed E-state index contributed by atoms with van der Waals surface area (Å²) in [6.07, 6.45) is 2.59. The second-order valence-electron chi connectivity index (χ2n) is 6.91. The number of hydrogen-bond acceptors (Lipinski definition) is 3. The fraction of sp³-hybridized carbons (Fsp3) is 0.526. The summed E-state index contributed by atoms with van der Waals surface area (Å²) in [5, 5.41) is 0. The summed E-state index contributed by atoms with van der Waals surface area (Å²) in [7, 11) is 2.00. The van der Waals surface area contributed by atoms with E-state index < -0.39 is 12.8 Å². The number of nitrogens with zero attached hydrogens (tertiary/aromatic N) is 3. The van der Waals surface area contributed by atoms with Gasteiger partial charge in [-0.1, -0.05) is 18.2 Å². The maximum absolute atomic E-state index is 12.5. The number of imidazole rings is 1. The first-order chi connectivity index (χ1) is 12.4. The Bertz CT molecular complexity index is 714. The lowest BCUT2D eigenvalue weighted by Gasteiger charge is -2.33. The van der Waals surface area contributed by atoms with Crippen molar-refractivity contribution in [2.24, 2.45) is 13.0 Å². The van der Waals surface area contributed by atoms with E-state index in [9.17, 15) is 13.2 Å². The lowest BCUT2D eigenvalue weighted by atomic mass is 9.94. The molecule has 1 aromatic heterocycles. The lowest BCUT2D eigenvalue weighted by molar-refractivity contribution is -0.153. The maximum atomic E-state index is 12.5. The van der Waals surface area contributed by atoms with Crippen LogP contribution in [0.3, 0.4) is 0 Å². The molecule has 0 aliphatic carbocycles. The summed E-state index contributed by atoms with van der Waals surface area (Å²) in [6.45, 7) is 1.21. The normalized spacial score (nSPS) is 18.8. The van der Waals surface area contributed by atoms with Crippen molar-refractivity contribution in [2.75, 3.05) is 19.7 Å². The predicted octanol–water partition coefficient (Wildman–Crippen LogP) is 3.82. The molecule has 0 saturated carbocycles. The molecule has 0 unspecified atom stereocenters. The number of aromatic nitrogens is 2. The topological polar surface area (TPSA) is 30.3 Å². The zero-order chi connectivity index (χ0) is 18.6. The van der Waals surface area contributed by atoms with Gasteiger partial charge in [-0.2, -0.15) is 13.2 Å². The zero-order valence-electron chi connectivity index (χ0n) is 14.9. The van der Waals surface area contributed by atoms with Crippen molar-refractivity contribution >= 4 is 0 Å². The van der Waals surface area contributed by atoms with Crippen molar-refractivity contribution in [1.29, 1.82) is 0 Å². The van der Waals surface area contributed by atoms with Crippen molar-refractivity contribution in [3.8, 4) is 5.75 Å². The molecular formula is C19H24F3N3O. The first-order valence-electron chi connectivity index (χ1n) is 8.87. The highest BCUT2D eigenvalue weighted by Gasteiger charge is 2.29. The number of rotatable bonds is 6. The Morgan fingerprint density at radius 1 is 1.27 bits per heavy atom. The van der Waals surface area contributed by atoms with Gasteiger partial charge < -0.3 is 9.30 Å². The maximum Gasteiger partial charge on any atom is 0.422 e. The van der Waals surface area contributed by atoms with Gasteiger partial charge in [0.1, 0.15) is 11.6 Å². The van der Waals surface area contributed by atoms with Crippen LogP contribution >= 0.6 is 0 Å². The molecule has 2 aromatic rings. The van der Waals surface area contributed by atoms with Crippen LogP contribution in [0.15, 0.2) is 36.7 Å². The minimum absolute atomic E-state index is 0.316. The molecule has 0 radical (unpaired) electrons. The van der Waals surface area contributed by atoms with E-state index in [1.165, 1.54) is 0 Å². The van der Waals surface area contributed by atoms with Crippen LogP contribution in [0.4, 0.5) is 13.2 Å². The lowest BCUT2D eigenvalue weighted by Crippen LogP contribution is -2.36. The third kappa shape index (κ3) is 5.24. The zero-order valence-corrected chi connectivity index (χ0v) is 14.9. The van der Waals surface area contributed by atoms with Crippen molar-refractivity contribution in [1.82, 2.24) is 14.5 Å². The molecule has 3 rings (SSSR count). The molecule has 1 aromatic carbocycles. The van der Waals surface area contributed by atoms with Gasteiger partial charge in [-0.25, -0.2) is 4.98 Å². The van der Waals surface area contributed by atoms with Crippen molar-refractivity contribution < 1.29 is 17.9 Å². The Morgan fingerprint density at radius 2 is 2.08 bits per heavy atom. The van der Waals surface area contributed by atoms with Crippen LogP contribution in [0, 0.1) is 5.92 Å². The molecule has 0 amide bonds. The Balaban J connectivity index is 1.61. The average Bonchev–Trinajstić information content (AvgIpc) is 2.99. The molecule has 142 valence electrons. The van der Waals surface area contributed by atoms with Gasteiger partial charge in [-0.05, 0) is 31.4 Å². The second-order valence-corrected chi connectivity index (χ2v) is 6.91. The summed E-state index contributed by atoms with van der Waals surface area (Å²) in [5.41, 5.74) is 0.800. The molecule has 0 bridgehead atoms. The Labute approximate surface area is 151 Å². The molecule has 26 heavy (non-hydrogen) atoms. The molecule has 1 aliphatic heterocycles. The van der Waals surface area contributed by atoms with Gasteiger partial charge in [0.2, 0.25) is 0 Å². The van der Waals surface area contributed by atoms with Crippen LogP contribution in [0.2, 0.25) is 0 Å². The Kier molecular flexibility index (Phi) is 5.86. The minimum Gasteiger partial charge on any atom is -0.484 e. The van der Waals surface area contributed by atoms with E-state index in [-0.39, 0.29) is 0 Å². The molecule has 0 spiro atoms. The third-order valence-corrected chi connectivity index (χ3v) is 4.75. The van der Waals surface area contributed by atoms with Crippen LogP contribution in [0.1, 0.15) is 24.2 Å². The molecule has 4 nitrogen and oxygen atoms in total. The quantitative estimate of drug-likeness (QED) is 0.778. The van der Waals surface area contributed by atoms with Crippen LogP contribution in [-0.4, -0.2) is 40.3 Å². The monoisotopic (exact) mass is 367 g/mol. The number of para-hydroxylation sites is 1. The Morgan fingerprint density at radius 3 is 2.81 bits per heavy atom. The highest BCUT2D eigenvalue weighted by atomic mass is 19.4. The molecule has 0 N–H and O–H groups in total. The van der Waals surface area contributed by atoms with Crippen LogP contribution in [-0.2, 0) is 20.0 Å². The van der Waals surface area contributed by atoms with Gasteiger partial charge in [0.15, 0.2) is 6.61 Å². The fourth-order valence-corrected chi connectivity index (χ4v) is 3.49. The number of alkyl halides is 3. The van der Waals surface area contributed by atoms with Gasteiger partial charge in [-0.15, -0.1) is 0 Å². The third-order valence-electron chi connectivity index (χ3n) is 4.75. The molecule has 7 heteroatoms. The van der Waals surface area contributed by atoms with Gasteiger partial charge in [0.05, 0.1) is 0 Å². The van der Waals surface area contributed by atoms with Gasteiger partial charge >= 0.3 is 6.18 Å². The summed E-state index contributed by atoms with van der Waals surface area (Å²) in [6, 6.07) is 6.99. The standard InChI is InChI=1S/C19H24F3N3O/c1-24-10-8-23-18(24)11-15-5-4-9-25(12-15)13-16-6-2-3-7-17(16)26-14-19(20,21)22/h2-3,6-8,10,15H,4-5,9,11-14H2,1H3/t15-/m1/s1. The summed E-state index contributed by atoms with van der Waals surface area (Å²) in [5.74, 6) is 1.90. The number of benzene rings is 1. The summed E-state index contributed by atoms with van der Waals surface area (Å²) >= 11 is 0. The number of piperidine rings is 1. The minimum atomic E-state index is -4.33. The van der Waals surface area contributed by atoms with Crippen LogP contribution in [0.25, 0.3) is 0 Å². The first-order valence-corrected chi connectivity index (χ1v) is 8.87. The van der Waals surface area contributed by atoms with E-state index in [1.807, 2.05) is 36.1 Å².